The van der Waals surface area contributed by atoms with Crippen molar-refractivity contribution in [3.8, 4) is 0 Å². The van der Waals surface area contributed by atoms with Crippen LogP contribution in [-0.2, 0) is 0 Å². The standard InChI is InChI=1S/C21H19N3O2/c1-13(19-11-14-7-3-5-9-17(14)22-19)24(2)21(26)16-12-20(25)23-18-10-6-4-8-15(16)18/h3-13,22H,1-2H3,(H,23,25)/t13-/m0/s1. The van der Waals surface area contributed by atoms with Gasteiger partial charge in [-0.3, -0.25) is 9.59 Å². The topological polar surface area (TPSA) is 69.0 Å². The van der Waals surface area contributed by atoms with Crippen molar-refractivity contribution in [2.75, 3.05) is 7.05 Å². The van der Waals surface area contributed by atoms with E-state index in [-0.39, 0.29) is 17.5 Å². The summed E-state index contributed by atoms with van der Waals surface area (Å²) in [4.78, 5) is 32.9. The van der Waals surface area contributed by atoms with E-state index in [1.165, 1.54) is 6.07 Å². The highest BCUT2D eigenvalue weighted by Crippen LogP contribution is 2.25. The molecule has 0 aliphatic heterocycles. The molecule has 0 spiro atoms. The fraction of sp³-hybridized carbons (Fsp3) is 0.143. The van der Waals surface area contributed by atoms with Gasteiger partial charge in [0, 0.05) is 35.2 Å². The molecule has 4 rings (SSSR count). The lowest BCUT2D eigenvalue weighted by Gasteiger charge is -2.24. The predicted octanol–water partition coefficient (Wildman–Crippen LogP) is 3.84. The maximum Gasteiger partial charge on any atom is 0.255 e. The van der Waals surface area contributed by atoms with E-state index in [0.717, 1.165) is 22.0 Å². The number of fused-ring (bicyclic) bond motifs is 2. The molecular weight excluding hydrogens is 326 g/mol. The van der Waals surface area contributed by atoms with Gasteiger partial charge in [-0.25, -0.2) is 0 Å². The minimum Gasteiger partial charge on any atom is -0.357 e. The van der Waals surface area contributed by atoms with E-state index in [9.17, 15) is 9.59 Å². The number of rotatable bonds is 3. The Hall–Kier alpha value is -3.34. The number of para-hydroxylation sites is 2. The van der Waals surface area contributed by atoms with Crippen molar-refractivity contribution in [2.24, 2.45) is 0 Å². The van der Waals surface area contributed by atoms with E-state index < -0.39 is 0 Å². The van der Waals surface area contributed by atoms with Crippen molar-refractivity contribution >= 4 is 27.7 Å². The molecule has 2 heterocycles. The summed E-state index contributed by atoms with van der Waals surface area (Å²) in [5.41, 5.74) is 2.79. The average Bonchev–Trinajstić information content (AvgIpc) is 3.09. The van der Waals surface area contributed by atoms with Gasteiger partial charge in [0.1, 0.15) is 0 Å². The number of H-pyrrole nitrogens is 2. The fourth-order valence-corrected chi connectivity index (χ4v) is 3.28. The number of carbonyl (C=O) groups excluding carboxylic acids is 1. The molecule has 0 bridgehead atoms. The number of aromatic amines is 2. The van der Waals surface area contributed by atoms with Crippen LogP contribution < -0.4 is 5.56 Å². The van der Waals surface area contributed by atoms with Gasteiger partial charge in [0.15, 0.2) is 0 Å². The van der Waals surface area contributed by atoms with Crippen LogP contribution >= 0.6 is 0 Å². The number of hydrogen-bond donors (Lipinski definition) is 2. The van der Waals surface area contributed by atoms with E-state index in [0.29, 0.717) is 11.1 Å². The Morgan fingerprint density at radius 3 is 2.42 bits per heavy atom. The summed E-state index contributed by atoms with van der Waals surface area (Å²) in [5, 5.41) is 1.85. The summed E-state index contributed by atoms with van der Waals surface area (Å²) in [7, 11) is 1.76. The molecule has 1 atom stereocenters. The SMILES string of the molecule is C[C@@H](c1cc2ccccc2[nH]1)N(C)C(=O)c1cc(=O)[nH]c2ccccc12. The first-order valence-corrected chi connectivity index (χ1v) is 8.51. The molecule has 1 amide bonds. The normalized spacial score (nSPS) is 12.4. The van der Waals surface area contributed by atoms with E-state index in [4.69, 9.17) is 0 Å². The lowest BCUT2D eigenvalue weighted by atomic mass is 10.1. The summed E-state index contributed by atoms with van der Waals surface area (Å²) < 4.78 is 0. The monoisotopic (exact) mass is 345 g/mol. The summed E-state index contributed by atoms with van der Waals surface area (Å²) in [6.45, 7) is 1.97. The average molecular weight is 345 g/mol. The first kappa shape index (κ1) is 16.1. The first-order chi connectivity index (χ1) is 12.5. The van der Waals surface area contributed by atoms with Crippen LogP contribution in [0.25, 0.3) is 21.8 Å². The summed E-state index contributed by atoms with van der Waals surface area (Å²) in [5.74, 6) is -0.182. The number of aromatic nitrogens is 2. The quantitative estimate of drug-likeness (QED) is 0.592. The Balaban J connectivity index is 1.73. The highest BCUT2D eigenvalue weighted by molar-refractivity contribution is 6.06. The Morgan fingerprint density at radius 1 is 0.962 bits per heavy atom. The van der Waals surface area contributed by atoms with Crippen molar-refractivity contribution in [3.05, 3.63) is 82.3 Å². The van der Waals surface area contributed by atoms with Crippen molar-refractivity contribution < 1.29 is 4.79 Å². The molecule has 5 nitrogen and oxygen atoms in total. The molecule has 2 N–H and O–H groups in total. The molecule has 0 aliphatic carbocycles. The Kier molecular flexibility index (Phi) is 3.84. The molecule has 0 unspecified atom stereocenters. The number of carbonyl (C=O) groups is 1. The van der Waals surface area contributed by atoms with Gasteiger partial charge in [0.05, 0.1) is 11.6 Å². The third-order valence-electron chi connectivity index (χ3n) is 4.88. The van der Waals surface area contributed by atoms with Crippen LogP contribution in [0.15, 0.2) is 65.5 Å². The van der Waals surface area contributed by atoms with Gasteiger partial charge in [-0.1, -0.05) is 36.4 Å². The highest BCUT2D eigenvalue weighted by atomic mass is 16.2. The van der Waals surface area contributed by atoms with Crippen LogP contribution in [0.3, 0.4) is 0 Å². The highest BCUT2D eigenvalue weighted by Gasteiger charge is 2.22. The molecule has 0 saturated carbocycles. The van der Waals surface area contributed by atoms with Crippen LogP contribution in [0.1, 0.15) is 29.0 Å². The fourth-order valence-electron chi connectivity index (χ4n) is 3.28. The van der Waals surface area contributed by atoms with Gasteiger partial charge < -0.3 is 14.9 Å². The molecule has 2 aromatic heterocycles. The molecule has 0 fully saturated rings. The maximum absolute atomic E-state index is 13.1. The number of benzene rings is 2. The molecule has 5 heteroatoms. The molecule has 130 valence electrons. The number of hydrogen-bond acceptors (Lipinski definition) is 2. The number of amides is 1. The Labute approximate surface area is 150 Å². The molecule has 0 aliphatic rings. The molecule has 2 aromatic carbocycles. The minimum atomic E-state index is -0.279. The van der Waals surface area contributed by atoms with Gasteiger partial charge >= 0.3 is 0 Å². The van der Waals surface area contributed by atoms with Crippen LogP contribution in [0, 0.1) is 0 Å². The molecular formula is C21H19N3O2. The van der Waals surface area contributed by atoms with E-state index in [1.54, 1.807) is 18.0 Å². The summed E-state index contributed by atoms with van der Waals surface area (Å²) >= 11 is 0. The zero-order valence-electron chi connectivity index (χ0n) is 14.6. The molecule has 0 saturated heterocycles. The maximum atomic E-state index is 13.1. The molecule has 26 heavy (non-hydrogen) atoms. The minimum absolute atomic E-state index is 0.159. The van der Waals surface area contributed by atoms with E-state index in [2.05, 4.69) is 16.0 Å². The van der Waals surface area contributed by atoms with Crippen LogP contribution in [-0.4, -0.2) is 27.8 Å². The van der Waals surface area contributed by atoms with Gasteiger partial charge in [-0.05, 0) is 30.5 Å². The Morgan fingerprint density at radius 2 is 1.65 bits per heavy atom. The lowest BCUT2D eigenvalue weighted by molar-refractivity contribution is 0.0742. The zero-order valence-corrected chi connectivity index (χ0v) is 14.6. The van der Waals surface area contributed by atoms with Crippen LogP contribution in [0.4, 0.5) is 0 Å². The summed E-state index contributed by atoms with van der Waals surface area (Å²) in [6, 6.07) is 18.6. The van der Waals surface area contributed by atoms with Gasteiger partial charge in [0.25, 0.3) is 5.91 Å². The van der Waals surface area contributed by atoms with Crippen molar-refractivity contribution in [1.29, 1.82) is 0 Å². The summed E-state index contributed by atoms with van der Waals surface area (Å²) in [6.07, 6.45) is 0. The number of pyridine rings is 1. The predicted molar refractivity (Wildman–Crippen MR) is 103 cm³/mol. The molecule has 0 radical (unpaired) electrons. The van der Waals surface area contributed by atoms with Gasteiger partial charge in [-0.2, -0.15) is 0 Å². The third-order valence-corrected chi connectivity index (χ3v) is 4.88. The first-order valence-electron chi connectivity index (χ1n) is 8.51. The van der Waals surface area contributed by atoms with Crippen molar-refractivity contribution in [2.45, 2.75) is 13.0 Å². The lowest BCUT2D eigenvalue weighted by Crippen LogP contribution is -2.30. The Bertz CT molecular complexity index is 1140. The third kappa shape index (κ3) is 2.67. The van der Waals surface area contributed by atoms with Crippen molar-refractivity contribution in [1.82, 2.24) is 14.9 Å². The second-order valence-corrected chi connectivity index (χ2v) is 6.50. The number of nitrogens with zero attached hydrogens (tertiary/aromatic N) is 1. The van der Waals surface area contributed by atoms with Gasteiger partial charge in [-0.15, -0.1) is 0 Å². The van der Waals surface area contributed by atoms with E-state index >= 15 is 0 Å². The molecule has 4 aromatic rings. The number of nitrogens with one attached hydrogen (secondary N) is 2. The van der Waals surface area contributed by atoms with Crippen LogP contribution in [0.5, 0.6) is 0 Å². The van der Waals surface area contributed by atoms with Crippen LogP contribution in [0.2, 0.25) is 0 Å². The zero-order chi connectivity index (χ0) is 18.3. The second-order valence-electron chi connectivity index (χ2n) is 6.50. The second kappa shape index (κ2) is 6.19. The van der Waals surface area contributed by atoms with Gasteiger partial charge in [0.2, 0.25) is 5.56 Å². The largest absolute Gasteiger partial charge is 0.357 e. The van der Waals surface area contributed by atoms with Crippen molar-refractivity contribution in [3.63, 3.8) is 0 Å². The smallest absolute Gasteiger partial charge is 0.255 e. The van der Waals surface area contributed by atoms with E-state index in [1.807, 2.05) is 49.4 Å².